The molecule has 28 heavy (non-hydrogen) atoms. The van der Waals surface area contributed by atoms with Gasteiger partial charge in [-0.1, -0.05) is 41.4 Å². The average Bonchev–Trinajstić information content (AvgIpc) is 2.98. The first kappa shape index (κ1) is 18.5. The van der Waals surface area contributed by atoms with E-state index in [1.165, 1.54) is 12.1 Å². The molecule has 0 N–H and O–H groups in total. The fraction of sp³-hybridized carbons (Fsp3) is 0.0455. The number of carbonyl (C=O) groups excluding carboxylic acids is 1. The van der Waals surface area contributed by atoms with Gasteiger partial charge in [-0.05, 0) is 48.0 Å². The molecule has 140 valence electrons. The zero-order valence-electron chi connectivity index (χ0n) is 14.4. The number of ketones is 1. The molecule has 1 aliphatic heterocycles. The Hall–Kier alpha value is -2.82. The highest BCUT2D eigenvalue weighted by molar-refractivity contribution is 6.35. The van der Waals surface area contributed by atoms with Crippen molar-refractivity contribution in [2.45, 2.75) is 6.61 Å². The smallest absolute Gasteiger partial charge is 0.231 e. The molecule has 1 heterocycles. The molecular formula is C22H13Cl2FO3. The molecule has 0 atom stereocenters. The van der Waals surface area contributed by atoms with E-state index in [0.29, 0.717) is 38.2 Å². The molecule has 6 heteroatoms. The van der Waals surface area contributed by atoms with Crippen molar-refractivity contribution in [1.82, 2.24) is 0 Å². The Balaban J connectivity index is 1.53. The lowest BCUT2D eigenvalue weighted by Crippen LogP contribution is -1.98. The van der Waals surface area contributed by atoms with E-state index < -0.39 is 0 Å². The van der Waals surface area contributed by atoms with Gasteiger partial charge in [0.15, 0.2) is 5.76 Å². The second-order valence-electron chi connectivity index (χ2n) is 6.14. The van der Waals surface area contributed by atoms with E-state index in [9.17, 15) is 9.18 Å². The molecule has 0 spiro atoms. The summed E-state index contributed by atoms with van der Waals surface area (Å²) in [5.74, 6) is 0.518. The van der Waals surface area contributed by atoms with Gasteiger partial charge in [0, 0.05) is 21.7 Å². The van der Waals surface area contributed by atoms with Gasteiger partial charge in [0.05, 0.1) is 5.56 Å². The summed E-state index contributed by atoms with van der Waals surface area (Å²) in [4.78, 5) is 12.5. The minimum Gasteiger partial charge on any atom is -0.489 e. The maximum Gasteiger partial charge on any atom is 0.231 e. The molecule has 0 aliphatic carbocycles. The van der Waals surface area contributed by atoms with Crippen molar-refractivity contribution in [3.05, 3.63) is 99.0 Å². The predicted octanol–water partition coefficient (Wildman–Crippen LogP) is 6.33. The number of ether oxygens (including phenoxy) is 2. The largest absolute Gasteiger partial charge is 0.489 e. The van der Waals surface area contributed by atoms with Crippen molar-refractivity contribution < 1.29 is 18.7 Å². The third kappa shape index (κ3) is 3.75. The molecule has 4 rings (SSSR count). The summed E-state index contributed by atoms with van der Waals surface area (Å²) in [6.07, 6.45) is 1.58. The van der Waals surface area contributed by atoms with Crippen LogP contribution in [0.25, 0.3) is 6.08 Å². The van der Waals surface area contributed by atoms with Gasteiger partial charge >= 0.3 is 0 Å². The third-order valence-electron chi connectivity index (χ3n) is 4.25. The fourth-order valence-corrected chi connectivity index (χ4v) is 3.30. The SMILES string of the molecule is O=C1/C(=C/c2ccc(F)cc2)Oc2cc(OCc3c(Cl)cccc3Cl)ccc21. The molecule has 0 bridgehead atoms. The molecule has 3 nitrogen and oxygen atoms in total. The summed E-state index contributed by atoms with van der Waals surface area (Å²) in [6.45, 7) is 0.184. The molecule has 0 fully saturated rings. The van der Waals surface area contributed by atoms with Crippen LogP contribution in [0.4, 0.5) is 4.39 Å². The number of halogens is 3. The molecular weight excluding hydrogens is 402 g/mol. The van der Waals surface area contributed by atoms with Crippen LogP contribution in [-0.4, -0.2) is 5.78 Å². The highest BCUT2D eigenvalue weighted by Crippen LogP contribution is 2.35. The van der Waals surface area contributed by atoms with Gasteiger partial charge in [0.2, 0.25) is 5.78 Å². The van der Waals surface area contributed by atoms with Crippen LogP contribution in [0.3, 0.4) is 0 Å². The maximum absolute atomic E-state index is 13.0. The third-order valence-corrected chi connectivity index (χ3v) is 4.96. The first-order valence-corrected chi connectivity index (χ1v) is 9.16. The second-order valence-corrected chi connectivity index (χ2v) is 6.95. The Bertz CT molecular complexity index is 1070. The van der Waals surface area contributed by atoms with E-state index >= 15 is 0 Å². The minimum absolute atomic E-state index is 0.174. The number of allylic oxidation sites excluding steroid dienone is 1. The van der Waals surface area contributed by atoms with E-state index in [2.05, 4.69) is 0 Å². The summed E-state index contributed by atoms with van der Waals surface area (Å²) < 4.78 is 24.5. The summed E-state index contributed by atoms with van der Waals surface area (Å²) >= 11 is 12.3. The maximum atomic E-state index is 13.0. The van der Waals surface area contributed by atoms with E-state index in [0.717, 1.165) is 0 Å². The number of rotatable bonds is 4. The molecule has 3 aromatic rings. The van der Waals surface area contributed by atoms with Crippen LogP contribution in [0.1, 0.15) is 21.5 Å². The zero-order chi connectivity index (χ0) is 19.7. The molecule has 0 unspecified atom stereocenters. The Morgan fingerprint density at radius 2 is 1.71 bits per heavy atom. The van der Waals surface area contributed by atoms with Crippen LogP contribution in [-0.2, 0) is 6.61 Å². The van der Waals surface area contributed by atoms with E-state index in [-0.39, 0.29) is 24.0 Å². The Morgan fingerprint density at radius 3 is 2.43 bits per heavy atom. The van der Waals surface area contributed by atoms with E-state index in [1.807, 2.05) is 0 Å². The lowest BCUT2D eigenvalue weighted by atomic mass is 10.1. The minimum atomic E-state index is -0.343. The zero-order valence-corrected chi connectivity index (χ0v) is 15.9. The van der Waals surface area contributed by atoms with Gasteiger partial charge in [-0.25, -0.2) is 4.39 Å². The normalized spacial score (nSPS) is 14.1. The first-order valence-electron chi connectivity index (χ1n) is 8.41. The molecule has 3 aromatic carbocycles. The van der Waals surface area contributed by atoms with Crippen LogP contribution in [0.2, 0.25) is 10.0 Å². The highest BCUT2D eigenvalue weighted by atomic mass is 35.5. The topological polar surface area (TPSA) is 35.5 Å². The quantitative estimate of drug-likeness (QED) is 0.468. The summed E-state index contributed by atoms with van der Waals surface area (Å²) in [5.41, 5.74) is 1.79. The molecule has 0 saturated heterocycles. The van der Waals surface area contributed by atoms with Crippen LogP contribution in [0.15, 0.2) is 66.4 Å². The van der Waals surface area contributed by atoms with Crippen molar-refractivity contribution in [3.63, 3.8) is 0 Å². The number of Topliss-reactive ketones (excluding diaryl/α,β-unsaturated/α-hetero) is 1. The van der Waals surface area contributed by atoms with Gasteiger partial charge < -0.3 is 9.47 Å². The number of hydrogen-bond donors (Lipinski definition) is 0. The molecule has 0 amide bonds. The number of benzene rings is 3. The molecule has 1 aliphatic rings. The van der Waals surface area contributed by atoms with Crippen LogP contribution in [0.5, 0.6) is 11.5 Å². The van der Waals surface area contributed by atoms with Crippen LogP contribution in [0, 0.1) is 5.82 Å². The van der Waals surface area contributed by atoms with Gasteiger partial charge in [-0.3, -0.25) is 4.79 Å². The van der Waals surface area contributed by atoms with Crippen molar-refractivity contribution in [2.24, 2.45) is 0 Å². The standard InChI is InChI=1S/C22H13Cl2FO3/c23-18-2-1-3-19(24)17(18)12-27-15-8-9-16-20(11-15)28-21(22(16)26)10-13-4-6-14(25)7-5-13/h1-11H,12H2/b21-10-. The summed E-state index contributed by atoms with van der Waals surface area (Å²) in [7, 11) is 0. The average molecular weight is 415 g/mol. The number of fused-ring (bicyclic) bond motifs is 1. The number of hydrogen-bond acceptors (Lipinski definition) is 3. The van der Waals surface area contributed by atoms with E-state index in [1.54, 1.807) is 54.6 Å². The lowest BCUT2D eigenvalue weighted by Gasteiger charge is -2.10. The predicted molar refractivity (Wildman–Crippen MR) is 107 cm³/mol. The molecule has 0 saturated carbocycles. The van der Waals surface area contributed by atoms with Gasteiger partial charge in [0.1, 0.15) is 23.9 Å². The number of carbonyl (C=O) groups is 1. The van der Waals surface area contributed by atoms with Crippen molar-refractivity contribution in [1.29, 1.82) is 0 Å². The lowest BCUT2D eigenvalue weighted by molar-refractivity contribution is 0.101. The van der Waals surface area contributed by atoms with Crippen molar-refractivity contribution >= 4 is 35.1 Å². The first-order chi connectivity index (χ1) is 13.5. The molecule has 0 aromatic heterocycles. The Labute approximate surface area is 170 Å². The summed E-state index contributed by atoms with van der Waals surface area (Å²) in [6, 6.07) is 16.0. The van der Waals surface area contributed by atoms with E-state index in [4.69, 9.17) is 32.7 Å². The molecule has 0 radical (unpaired) electrons. The second kappa shape index (κ2) is 7.66. The highest BCUT2D eigenvalue weighted by Gasteiger charge is 2.27. The van der Waals surface area contributed by atoms with Crippen LogP contribution >= 0.6 is 23.2 Å². The monoisotopic (exact) mass is 414 g/mol. The summed E-state index contributed by atoms with van der Waals surface area (Å²) in [5, 5.41) is 1.04. The van der Waals surface area contributed by atoms with Crippen molar-refractivity contribution in [2.75, 3.05) is 0 Å². The Kier molecular flexibility index (Phi) is 5.07. The van der Waals surface area contributed by atoms with Gasteiger partial charge in [0.25, 0.3) is 0 Å². The van der Waals surface area contributed by atoms with Gasteiger partial charge in [-0.2, -0.15) is 0 Å². The van der Waals surface area contributed by atoms with Crippen LogP contribution < -0.4 is 9.47 Å². The fourth-order valence-electron chi connectivity index (χ4n) is 2.79. The Morgan fingerprint density at radius 1 is 1.00 bits per heavy atom. The van der Waals surface area contributed by atoms with Crippen molar-refractivity contribution in [3.8, 4) is 11.5 Å². The van der Waals surface area contributed by atoms with Gasteiger partial charge in [-0.15, -0.1) is 0 Å².